The molecule has 0 aliphatic carbocycles. The molecule has 0 unspecified atom stereocenters. The van der Waals surface area contributed by atoms with E-state index in [2.05, 4.69) is 11.9 Å². The normalized spacial score (nSPS) is 16.9. The van der Waals surface area contributed by atoms with Crippen molar-refractivity contribution < 1.29 is 9.53 Å². The first-order chi connectivity index (χ1) is 7.63. The van der Waals surface area contributed by atoms with Crippen LogP contribution < -0.4 is 5.32 Å². The van der Waals surface area contributed by atoms with Crippen molar-refractivity contribution >= 4 is 6.03 Å². The Morgan fingerprint density at radius 3 is 2.62 bits per heavy atom. The molecule has 1 aliphatic rings. The van der Waals surface area contributed by atoms with Gasteiger partial charge in [-0.1, -0.05) is 12.2 Å². The van der Waals surface area contributed by atoms with Crippen molar-refractivity contribution in [3.8, 4) is 0 Å². The molecular formula is C12H22N2O2. The van der Waals surface area contributed by atoms with E-state index in [0.717, 1.165) is 31.6 Å². The third kappa shape index (κ3) is 4.23. The lowest BCUT2D eigenvalue weighted by Gasteiger charge is -2.27. The molecule has 0 aromatic rings. The van der Waals surface area contributed by atoms with E-state index < -0.39 is 0 Å². The van der Waals surface area contributed by atoms with Crippen LogP contribution in [-0.2, 0) is 4.74 Å². The number of urea groups is 1. The van der Waals surface area contributed by atoms with Crippen LogP contribution in [0.3, 0.4) is 0 Å². The van der Waals surface area contributed by atoms with Gasteiger partial charge in [-0.05, 0) is 26.7 Å². The Balaban J connectivity index is 2.38. The van der Waals surface area contributed by atoms with Crippen molar-refractivity contribution in [1.29, 1.82) is 0 Å². The average Bonchev–Trinajstić information content (AvgIpc) is 2.26. The SMILES string of the molecule is C=C(C)CN(CC)C(=O)NC1CCOCC1. The Morgan fingerprint density at radius 1 is 1.50 bits per heavy atom. The maximum absolute atomic E-state index is 11.9. The minimum Gasteiger partial charge on any atom is -0.381 e. The van der Waals surface area contributed by atoms with Crippen molar-refractivity contribution in [2.24, 2.45) is 0 Å². The first kappa shape index (κ1) is 13.0. The molecule has 0 aromatic carbocycles. The van der Waals surface area contributed by atoms with Crippen molar-refractivity contribution in [3.63, 3.8) is 0 Å². The van der Waals surface area contributed by atoms with E-state index in [1.54, 1.807) is 4.90 Å². The molecule has 16 heavy (non-hydrogen) atoms. The van der Waals surface area contributed by atoms with Crippen molar-refractivity contribution in [2.75, 3.05) is 26.3 Å². The lowest BCUT2D eigenvalue weighted by atomic mass is 10.1. The molecule has 1 rings (SSSR count). The van der Waals surface area contributed by atoms with Crippen LogP contribution in [0.15, 0.2) is 12.2 Å². The van der Waals surface area contributed by atoms with Gasteiger partial charge in [0, 0.05) is 32.3 Å². The van der Waals surface area contributed by atoms with Crippen LogP contribution in [0.1, 0.15) is 26.7 Å². The summed E-state index contributed by atoms with van der Waals surface area (Å²) >= 11 is 0. The maximum atomic E-state index is 11.9. The molecular weight excluding hydrogens is 204 g/mol. The molecule has 1 N–H and O–H groups in total. The Kier molecular flexibility index (Phi) is 5.32. The van der Waals surface area contributed by atoms with Gasteiger partial charge in [0.25, 0.3) is 0 Å². The fourth-order valence-corrected chi connectivity index (χ4v) is 1.76. The van der Waals surface area contributed by atoms with Crippen molar-refractivity contribution in [1.82, 2.24) is 10.2 Å². The highest BCUT2D eigenvalue weighted by molar-refractivity contribution is 5.74. The van der Waals surface area contributed by atoms with Crippen LogP contribution in [0.5, 0.6) is 0 Å². The number of hydrogen-bond acceptors (Lipinski definition) is 2. The lowest BCUT2D eigenvalue weighted by Crippen LogP contribution is -2.47. The first-order valence-electron chi connectivity index (χ1n) is 5.91. The van der Waals surface area contributed by atoms with Gasteiger partial charge in [0.05, 0.1) is 0 Å². The zero-order valence-corrected chi connectivity index (χ0v) is 10.3. The molecule has 1 aliphatic heterocycles. The van der Waals surface area contributed by atoms with Gasteiger partial charge in [-0.3, -0.25) is 0 Å². The number of amides is 2. The number of rotatable bonds is 4. The third-order valence-corrected chi connectivity index (χ3v) is 2.68. The second kappa shape index (κ2) is 6.53. The van der Waals surface area contributed by atoms with Gasteiger partial charge in [-0.25, -0.2) is 4.79 Å². The van der Waals surface area contributed by atoms with Gasteiger partial charge in [0.15, 0.2) is 0 Å². The quantitative estimate of drug-likeness (QED) is 0.742. The number of nitrogens with one attached hydrogen (secondary N) is 1. The molecule has 2 amide bonds. The van der Waals surface area contributed by atoms with Crippen LogP contribution in [0.25, 0.3) is 0 Å². The molecule has 4 heteroatoms. The Morgan fingerprint density at radius 2 is 2.12 bits per heavy atom. The van der Waals surface area contributed by atoms with E-state index in [9.17, 15) is 4.79 Å². The van der Waals surface area contributed by atoms with E-state index >= 15 is 0 Å². The van der Waals surface area contributed by atoms with Crippen LogP contribution in [0.2, 0.25) is 0 Å². The number of ether oxygens (including phenoxy) is 1. The molecule has 0 atom stereocenters. The number of carbonyl (C=O) groups excluding carboxylic acids is 1. The Bertz CT molecular complexity index is 247. The summed E-state index contributed by atoms with van der Waals surface area (Å²) in [5.74, 6) is 0. The van der Waals surface area contributed by atoms with Crippen LogP contribution in [-0.4, -0.2) is 43.3 Å². The third-order valence-electron chi connectivity index (χ3n) is 2.68. The zero-order chi connectivity index (χ0) is 12.0. The number of hydrogen-bond donors (Lipinski definition) is 1. The molecule has 0 bridgehead atoms. The summed E-state index contributed by atoms with van der Waals surface area (Å²) in [5, 5.41) is 3.04. The molecule has 4 nitrogen and oxygen atoms in total. The Hall–Kier alpha value is -1.03. The second-order valence-corrected chi connectivity index (χ2v) is 4.31. The summed E-state index contributed by atoms with van der Waals surface area (Å²) in [6.07, 6.45) is 1.83. The van der Waals surface area contributed by atoms with Crippen LogP contribution in [0.4, 0.5) is 4.79 Å². The summed E-state index contributed by atoms with van der Waals surface area (Å²) in [6, 6.07) is 0.276. The summed E-state index contributed by atoms with van der Waals surface area (Å²) in [7, 11) is 0. The van der Waals surface area contributed by atoms with Crippen molar-refractivity contribution in [2.45, 2.75) is 32.7 Å². The average molecular weight is 226 g/mol. The van der Waals surface area contributed by atoms with Gasteiger partial charge in [0.2, 0.25) is 0 Å². The molecule has 92 valence electrons. The highest BCUT2D eigenvalue weighted by Crippen LogP contribution is 2.07. The van der Waals surface area contributed by atoms with Gasteiger partial charge < -0.3 is 15.0 Å². The topological polar surface area (TPSA) is 41.6 Å². The molecule has 0 saturated carbocycles. The largest absolute Gasteiger partial charge is 0.381 e. The van der Waals surface area contributed by atoms with Gasteiger partial charge in [0.1, 0.15) is 0 Å². The van der Waals surface area contributed by atoms with E-state index in [1.807, 2.05) is 13.8 Å². The maximum Gasteiger partial charge on any atom is 0.317 e. The molecule has 0 spiro atoms. The second-order valence-electron chi connectivity index (χ2n) is 4.31. The monoisotopic (exact) mass is 226 g/mol. The van der Waals surface area contributed by atoms with Gasteiger partial charge >= 0.3 is 6.03 Å². The summed E-state index contributed by atoms with van der Waals surface area (Å²) in [6.45, 7) is 10.6. The number of carbonyl (C=O) groups is 1. The fourth-order valence-electron chi connectivity index (χ4n) is 1.76. The van der Waals surface area contributed by atoms with Gasteiger partial charge in [-0.15, -0.1) is 0 Å². The summed E-state index contributed by atoms with van der Waals surface area (Å²) in [5.41, 5.74) is 1.00. The van der Waals surface area contributed by atoms with Gasteiger partial charge in [-0.2, -0.15) is 0 Å². The first-order valence-corrected chi connectivity index (χ1v) is 5.91. The standard InChI is InChI=1S/C12H22N2O2/c1-4-14(9-10(2)3)12(15)13-11-5-7-16-8-6-11/h11H,2,4-9H2,1,3H3,(H,13,15). The van der Waals surface area contributed by atoms with E-state index in [0.29, 0.717) is 13.1 Å². The predicted molar refractivity (Wildman–Crippen MR) is 64.4 cm³/mol. The molecule has 1 fully saturated rings. The lowest BCUT2D eigenvalue weighted by molar-refractivity contribution is 0.0783. The molecule has 1 saturated heterocycles. The highest BCUT2D eigenvalue weighted by atomic mass is 16.5. The minimum absolute atomic E-state index is 0.0115. The Labute approximate surface area is 97.6 Å². The van der Waals surface area contributed by atoms with E-state index in [1.165, 1.54) is 0 Å². The zero-order valence-electron chi connectivity index (χ0n) is 10.3. The fraction of sp³-hybridized carbons (Fsp3) is 0.750. The summed E-state index contributed by atoms with van der Waals surface area (Å²) < 4.78 is 5.25. The van der Waals surface area contributed by atoms with E-state index in [4.69, 9.17) is 4.74 Å². The molecule has 0 aromatic heterocycles. The van der Waals surface area contributed by atoms with E-state index in [-0.39, 0.29) is 12.1 Å². The van der Waals surface area contributed by atoms with Crippen molar-refractivity contribution in [3.05, 3.63) is 12.2 Å². The minimum atomic E-state index is 0.0115. The molecule has 1 heterocycles. The number of nitrogens with zero attached hydrogens (tertiary/aromatic N) is 1. The van der Waals surface area contributed by atoms with Crippen LogP contribution in [0, 0.1) is 0 Å². The predicted octanol–water partition coefficient (Wildman–Crippen LogP) is 1.77. The molecule has 0 radical (unpaired) electrons. The smallest absolute Gasteiger partial charge is 0.317 e. The summed E-state index contributed by atoms with van der Waals surface area (Å²) in [4.78, 5) is 13.7. The highest BCUT2D eigenvalue weighted by Gasteiger charge is 2.18. The van der Waals surface area contributed by atoms with Crippen LogP contribution >= 0.6 is 0 Å². The number of likely N-dealkylation sites (N-methyl/N-ethyl adjacent to an activating group) is 1.